The molecule has 1 heterocycles. The number of para-hydroxylation sites is 1. The summed E-state index contributed by atoms with van der Waals surface area (Å²) in [7, 11) is 0. The molecule has 19 heavy (non-hydrogen) atoms. The molecule has 0 bridgehead atoms. The van der Waals surface area contributed by atoms with Crippen LogP contribution >= 0.6 is 11.6 Å². The first kappa shape index (κ1) is 12.3. The second kappa shape index (κ2) is 5.10. The van der Waals surface area contributed by atoms with E-state index in [2.05, 4.69) is 5.32 Å². The Morgan fingerprint density at radius 3 is 2.95 bits per heavy atom. The lowest BCUT2D eigenvalue weighted by Crippen LogP contribution is -2.20. The van der Waals surface area contributed by atoms with Crippen molar-refractivity contribution in [2.24, 2.45) is 0 Å². The Kier molecular flexibility index (Phi) is 3.30. The van der Waals surface area contributed by atoms with Crippen LogP contribution in [-0.2, 0) is 0 Å². The fourth-order valence-corrected chi connectivity index (χ4v) is 2.46. The molecule has 1 aliphatic rings. The summed E-state index contributed by atoms with van der Waals surface area (Å²) >= 11 is 5.90. The Morgan fingerprint density at radius 2 is 2.05 bits per heavy atom. The molecule has 0 fully saturated rings. The monoisotopic (exact) mass is 277 g/mol. The van der Waals surface area contributed by atoms with Crippen molar-refractivity contribution in [3.05, 3.63) is 58.9 Å². The van der Waals surface area contributed by atoms with Crippen molar-refractivity contribution in [3.8, 4) is 5.75 Å². The highest BCUT2D eigenvalue weighted by atomic mass is 35.5. The number of hydrogen-bond donors (Lipinski definition) is 1. The highest BCUT2D eigenvalue weighted by Gasteiger charge is 2.21. The molecule has 2 aromatic rings. The first-order valence-corrected chi connectivity index (χ1v) is 6.55. The van der Waals surface area contributed by atoms with Crippen LogP contribution in [0.2, 0.25) is 5.02 Å². The van der Waals surface area contributed by atoms with Gasteiger partial charge < -0.3 is 10.1 Å². The predicted molar refractivity (Wildman–Crippen MR) is 74.3 cm³/mol. The SMILES string of the molecule is Fc1ccc(Cl)cc1NC1CCOc2ccccc21. The van der Waals surface area contributed by atoms with Gasteiger partial charge in [0, 0.05) is 17.0 Å². The van der Waals surface area contributed by atoms with Crippen LogP contribution in [0.3, 0.4) is 0 Å². The molecule has 0 radical (unpaired) electrons. The number of ether oxygens (including phenoxy) is 1. The third-order valence-corrected chi connectivity index (χ3v) is 3.45. The maximum Gasteiger partial charge on any atom is 0.146 e. The molecule has 0 aliphatic carbocycles. The molecule has 98 valence electrons. The molecule has 0 spiro atoms. The zero-order valence-corrected chi connectivity index (χ0v) is 11.0. The number of benzene rings is 2. The van der Waals surface area contributed by atoms with Gasteiger partial charge in [0.15, 0.2) is 0 Å². The van der Waals surface area contributed by atoms with Crippen LogP contribution in [0, 0.1) is 5.82 Å². The van der Waals surface area contributed by atoms with Crippen LogP contribution in [0.1, 0.15) is 18.0 Å². The van der Waals surface area contributed by atoms with E-state index in [1.807, 2.05) is 24.3 Å². The molecule has 2 aromatic carbocycles. The van der Waals surface area contributed by atoms with Crippen molar-refractivity contribution < 1.29 is 9.13 Å². The van der Waals surface area contributed by atoms with Crippen molar-refractivity contribution in [2.75, 3.05) is 11.9 Å². The van der Waals surface area contributed by atoms with Crippen LogP contribution < -0.4 is 10.1 Å². The minimum Gasteiger partial charge on any atom is -0.493 e. The highest BCUT2D eigenvalue weighted by Crippen LogP contribution is 2.35. The number of rotatable bonds is 2. The van der Waals surface area contributed by atoms with E-state index in [0.717, 1.165) is 17.7 Å². The smallest absolute Gasteiger partial charge is 0.146 e. The van der Waals surface area contributed by atoms with Crippen molar-refractivity contribution in [1.29, 1.82) is 0 Å². The zero-order chi connectivity index (χ0) is 13.2. The van der Waals surface area contributed by atoms with E-state index in [1.54, 1.807) is 12.1 Å². The third-order valence-electron chi connectivity index (χ3n) is 3.22. The highest BCUT2D eigenvalue weighted by molar-refractivity contribution is 6.30. The van der Waals surface area contributed by atoms with Crippen LogP contribution in [0.5, 0.6) is 5.75 Å². The predicted octanol–water partition coefficient (Wildman–Crippen LogP) is 4.41. The zero-order valence-electron chi connectivity index (χ0n) is 10.2. The molecule has 1 N–H and O–H groups in total. The topological polar surface area (TPSA) is 21.3 Å². The van der Waals surface area contributed by atoms with Crippen molar-refractivity contribution in [2.45, 2.75) is 12.5 Å². The number of hydrogen-bond acceptors (Lipinski definition) is 2. The van der Waals surface area contributed by atoms with Gasteiger partial charge in [-0.05, 0) is 24.3 Å². The Morgan fingerprint density at radius 1 is 1.21 bits per heavy atom. The largest absolute Gasteiger partial charge is 0.493 e. The molecule has 0 amide bonds. The molecule has 2 nitrogen and oxygen atoms in total. The van der Waals surface area contributed by atoms with E-state index in [4.69, 9.17) is 16.3 Å². The lowest BCUT2D eigenvalue weighted by molar-refractivity contribution is 0.274. The summed E-state index contributed by atoms with van der Waals surface area (Å²) in [4.78, 5) is 0. The van der Waals surface area contributed by atoms with Gasteiger partial charge in [-0.15, -0.1) is 0 Å². The minimum atomic E-state index is -0.298. The second-order valence-corrected chi connectivity index (χ2v) is 4.93. The summed E-state index contributed by atoms with van der Waals surface area (Å²) in [5, 5.41) is 3.72. The van der Waals surface area contributed by atoms with E-state index in [-0.39, 0.29) is 11.9 Å². The lowest BCUT2D eigenvalue weighted by Gasteiger charge is -2.27. The van der Waals surface area contributed by atoms with Gasteiger partial charge in [0.2, 0.25) is 0 Å². The average Bonchev–Trinajstić information content (AvgIpc) is 2.43. The summed E-state index contributed by atoms with van der Waals surface area (Å²) in [5.74, 6) is 0.557. The standard InChI is InChI=1S/C15H13ClFNO/c16-10-5-6-12(17)14(9-10)18-13-7-8-19-15-4-2-1-3-11(13)15/h1-6,9,13,18H,7-8H2. The molecular formula is C15H13ClFNO. The van der Waals surface area contributed by atoms with Gasteiger partial charge in [-0.3, -0.25) is 0 Å². The number of nitrogens with one attached hydrogen (secondary N) is 1. The molecule has 4 heteroatoms. The second-order valence-electron chi connectivity index (χ2n) is 4.50. The fraction of sp³-hybridized carbons (Fsp3) is 0.200. The summed E-state index contributed by atoms with van der Waals surface area (Å²) in [6.45, 7) is 0.622. The van der Waals surface area contributed by atoms with E-state index >= 15 is 0 Å². The Balaban J connectivity index is 1.90. The van der Waals surface area contributed by atoms with Crippen molar-refractivity contribution in [3.63, 3.8) is 0 Å². The molecule has 1 aliphatic heterocycles. The van der Waals surface area contributed by atoms with Gasteiger partial charge in [-0.1, -0.05) is 29.8 Å². The molecule has 0 saturated carbocycles. The maximum atomic E-state index is 13.7. The van der Waals surface area contributed by atoms with Gasteiger partial charge in [-0.2, -0.15) is 0 Å². The van der Waals surface area contributed by atoms with Crippen molar-refractivity contribution >= 4 is 17.3 Å². The Hall–Kier alpha value is -1.74. The first-order valence-electron chi connectivity index (χ1n) is 6.17. The van der Waals surface area contributed by atoms with Crippen molar-refractivity contribution in [1.82, 2.24) is 0 Å². The third kappa shape index (κ3) is 2.51. The molecule has 0 saturated heterocycles. The van der Waals surface area contributed by atoms with E-state index in [9.17, 15) is 4.39 Å². The molecule has 3 rings (SSSR count). The summed E-state index contributed by atoms with van der Waals surface area (Å²) < 4.78 is 19.3. The summed E-state index contributed by atoms with van der Waals surface area (Å²) in [5.41, 5.74) is 1.47. The number of anilines is 1. The minimum absolute atomic E-state index is 0.0397. The Labute approximate surface area is 116 Å². The summed E-state index contributed by atoms with van der Waals surface area (Å²) in [6, 6.07) is 12.4. The maximum absolute atomic E-state index is 13.7. The quantitative estimate of drug-likeness (QED) is 0.878. The van der Waals surface area contributed by atoms with E-state index in [0.29, 0.717) is 17.3 Å². The lowest BCUT2D eigenvalue weighted by atomic mass is 10.0. The van der Waals surface area contributed by atoms with Gasteiger partial charge in [0.25, 0.3) is 0 Å². The molecule has 1 unspecified atom stereocenters. The molecule has 0 aromatic heterocycles. The first-order chi connectivity index (χ1) is 9.24. The van der Waals surface area contributed by atoms with Crippen LogP contribution in [-0.4, -0.2) is 6.61 Å². The molecule has 1 atom stereocenters. The van der Waals surface area contributed by atoms with Crippen LogP contribution in [0.25, 0.3) is 0 Å². The fourth-order valence-electron chi connectivity index (χ4n) is 2.29. The van der Waals surface area contributed by atoms with E-state index in [1.165, 1.54) is 6.07 Å². The number of fused-ring (bicyclic) bond motifs is 1. The van der Waals surface area contributed by atoms with Crippen LogP contribution in [0.15, 0.2) is 42.5 Å². The Bertz CT molecular complexity index is 602. The van der Waals surface area contributed by atoms with Gasteiger partial charge in [0.1, 0.15) is 11.6 Å². The summed E-state index contributed by atoms with van der Waals surface area (Å²) in [6.07, 6.45) is 0.795. The average molecular weight is 278 g/mol. The number of halogens is 2. The van der Waals surface area contributed by atoms with E-state index < -0.39 is 0 Å². The van der Waals surface area contributed by atoms with Crippen LogP contribution in [0.4, 0.5) is 10.1 Å². The van der Waals surface area contributed by atoms with Gasteiger partial charge in [-0.25, -0.2) is 4.39 Å². The normalized spacial score (nSPS) is 17.5. The molecular weight excluding hydrogens is 265 g/mol. The van der Waals surface area contributed by atoms with Gasteiger partial charge >= 0.3 is 0 Å². The van der Waals surface area contributed by atoms with Gasteiger partial charge in [0.05, 0.1) is 18.3 Å².